The molecule has 0 bridgehead atoms. The van der Waals surface area contributed by atoms with Crippen LogP contribution >= 0.6 is 0 Å². The third kappa shape index (κ3) is 2.59. The number of aryl methyl sites for hydroxylation is 1. The van der Waals surface area contributed by atoms with E-state index < -0.39 is 30.0 Å². The van der Waals surface area contributed by atoms with Crippen LogP contribution < -0.4 is 0 Å². The Hall–Kier alpha value is -1.55. The Morgan fingerprint density at radius 1 is 0.895 bits per heavy atom. The van der Waals surface area contributed by atoms with Crippen LogP contribution in [0.2, 0.25) is 0 Å². The summed E-state index contributed by atoms with van der Waals surface area (Å²) in [5, 5.41) is -0.0803. The number of pyridine rings is 1. The van der Waals surface area contributed by atoms with Gasteiger partial charge in [-0.25, -0.2) is 0 Å². The van der Waals surface area contributed by atoms with Crippen molar-refractivity contribution in [2.24, 2.45) is 0 Å². The van der Waals surface area contributed by atoms with Gasteiger partial charge in [0.1, 0.15) is 9.79 Å². The second-order valence-corrected chi connectivity index (χ2v) is 6.64. The van der Waals surface area contributed by atoms with Gasteiger partial charge in [0.25, 0.3) is 20.2 Å². The molecule has 1 aromatic carbocycles. The Balaban J connectivity index is 3.05. The largest absolute Gasteiger partial charge is 0.296 e. The first-order chi connectivity index (χ1) is 8.60. The van der Waals surface area contributed by atoms with Crippen LogP contribution in [-0.4, -0.2) is 30.9 Å². The molecule has 0 atom stereocenters. The van der Waals surface area contributed by atoms with Gasteiger partial charge in [0.15, 0.2) is 0 Å². The smallest absolute Gasteiger partial charge is 0.282 e. The molecule has 0 fully saturated rings. The molecule has 2 N–H and O–H groups in total. The highest BCUT2D eigenvalue weighted by atomic mass is 32.2. The van der Waals surface area contributed by atoms with Gasteiger partial charge >= 0.3 is 0 Å². The molecule has 0 unspecified atom stereocenters. The molecule has 2 aromatic rings. The molecule has 0 radical (unpaired) electrons. The molecule has 102 valence electrons. The quantitative estimate of drug-likeness (QED) is 0.795. The molecule has 2 rings (SSSR count). The van der Waals surface area contributed by atoms with Gasteiger partial charge in [-0.2, -0.15) is 16.8 Å². The predicted molar refractivity (Wildman–Crippen MR) is 66.1 cm³/mol. The Kier molecular flexibility index (Phi) is 3.09. The van der Waals surface area contributed by atoms with Gasteiger partial charge < -0.3 is 0 Å². The molecule has 9 heteroatoms. The minimum atomic E-state index is -4.55. The summed E-state index contributed by atoms with van der Waals surface area (Å²) in [6.07, 6.45) is 0. The monoisotopic (exact) mass is 303 g/mol. The zero-order valence-corrected chi connectivity index (χ0v) is 11.2. The maximum atomic E-state index is 11.2. The van der Waals surface area contributed by atoms with E-state index in [0.29, 0.717) is 5.69 Å². The molecule has 7 nitrogen and oxygen atoms in total. The van der Waals surface area contributed by atoms with Crippen molar-refractivity contribution in [3.63, 3.8) is 0 Å². The minimum Gasteiger partial charge on any atom is -0.282 e. The highest BCUT2D eigenvalue weighted by Crippen LogP contribution is 2.27. The average Bonchev–Trinajstić information content (AvgIpc) is 2.24. The van der Waals surface area contributed by atoms with Crippen LogP contribution in [0.4, 0.5) is 0 Å². The van der Waals surface area contributed by atoms with Crippen LogP contribution in [0, 0.1) is 6.92 Å². The Labute approximate surface area is 109 Å². The highest BCUT2D eigenvalue weighted by molar-refractivity contribution is 7.86. The van der Waals surface area contributed by atoms with Crippen LogP contribution in [0.1, 0.15) is 5.69 Å². The van der Waals surface area contributed by atoms with Gasteiger partial charge in [0, 0.05) is 11.1 Å². The lowest BCUT2D eigenvalue weighted by Crippen LogP contribution is -2.05. The van der Waals surface area contributed by atoms with Crippen molar-refractivity contribution in [2.45, 2.75) is 16.7 Å². The summed E-state index contributed by atoms with van der Waals surface area (Å²) >= 11 is 0. The molecule has 0 aliphatic carbocycles. The van der Waals surface area contributed by atoms with E-state index in [-0.39, 0.29) is 10.9 Å². The molecule has 19 heavy (non-hydrogen) atoms. The molecule has 1 heterocycles. The first-order valence-corrected chi connectivity index (χ1v) is 7.84. The summed E-state index contributed by atoms with van der Waals surface area (Å²) in [5.74, 6) is 0. The van der Waals surface area contributed by atoms with Crippen molar-refractivity contribution in [3.8, 4) is 0 Å². The van der Waals surface area contributed by atoms with Gasteiger partial charge in [-0.15, -0.1) is 0 Å². The standard InChI is InChI=1S/C10H9NO6S2/c1-6-2-3-7-8(18(12,13)14)4-5-9(10(7)11-6)19(15,16)17/h2-5H,1H3,(H,12,13,14)(H,15,16,17). The highest BCUT2D eigenvalue weighted by Gasteiger charge is 2.21. The van der Waals surface area contributed by atoms with Crippen molar-refractivity contribution >= 4 is 31.1 Å². The SMILES string of the molecule is Cc1ccc2c(S(=O)(=O)O)ccc(S(=O)(=O)O)c2n1. The van der Waals surface area contributed by atoms with E-state index in [1.165, 1.54) is 12.1 Å². The van der Waals surface area contributed by atoms with Crippen molar-refractivity contribution in [3.05, 3.63) is 30.0 Å². The summed E-state index contributed by atoms with van der Waals surface area (Å²) in [6, 6.07) is 4.56. The first-order valence-electron chi connectivity index (χ1n) is 4.96. The van der Waals surface area contributed by atoms with Crippen LogP contribution in [0.5, 0.6) is 0 Å². The lowest BCUT2D eigenvalue weighted by molar-refractivity contribution is 0.480. The Bertz CT molecular complexity index is 870. The summed E-state index contributed by atoms with van der Waals surface area (Å²) in [7, 11) is -9.07. The average molecular weight is 303 g/mol. The summed E-state index contributed by atoms with van der Waals surface area (Å²) in [4.78, 5) is 2.92. The second kappa shape index (κ2) is 4.23. The summed E-state index contributed by atoms with van der Waals surface area (Å²) in [6.45, 7) is 1.58. The number of benzene rings is 1. The van der Waals surface area contributed by atoms with Crippen LogP contribution in [0.3, 0.4) is 0 Å². The molecule has 0 aliphatic rings. The topological polar surface area (TPSA) is 122 Å². The number of fused-ring (bicyclic) bond motifs is 1. The summed E-state index contributed by atoms with van der Waals surface area (Å²) < 4.78 is 63.0. The maximum Gasteiger partial charge on any atom is 0.296 e. The van der Waals surface area contributed by atoms with E-state index in [0.717, 1.165) is 12.1 Å². The first kappa shape index (κ1) is 13.9. The summed E-state index contributed by atoms with van der Waals surface area (Å²) in [5.41, 5.74) is 0.225. The van der Waals surface area contributed by atoms with Gasteiger partial charge in [-0.05, 0) is 31.2 Å². The van der Waals surface area contributed by atoms with Crippen LogP contribution in [0.25, 0.3) is 10.9 Å². The second-order valence-electron chi connectivity index (χ2n) is 3.86. The third-order valence-electron chi connectivity index (χ3n) is 2.48. The van der Waals surface area contributed by atoms with Gasteiger partial charge in [-0.1, -0.05) is 0 Å². The van der Waals surface area contributed by atoms with Crippen molar-refractivity contribution in [1.82, 2.24) is 4.98 Å². The van der Waals surface area contributed by atoms with Crippen molar-refractivity contribution in [2.75, 3.05) is 0 Å². The normalized spacial score (nSPS) is 12.8. The number of hydrogen-bond donors (Lipinski definition) is 2. The third-order valence-corrected chi connectivity index (χ3v) is 4.27. The molecule has 0 saturated carbocycles. The predicted octanol–water partition coefficient (Wildman–Crippen LogP) is 1.04. The molecular formula is C10H9NO6S2. The molecule has 0 spiro atoms. The fraction of sp³-hybridized carbons (Fsp3) is 0.100. The van der Waals surface area contributed by atoms with Crippen LogP contribution in [-0.2, 0) is 20.2 Å². The fourth-order valence-electron chi connectivity index (χ4n) is 1.70. The molecular weight excluding hydrogens is 294 g/mol. The number of nitrogens with zero attached hydrogens (tertiary/aromatic N) is 1. The molecule has 1 aromatic heterocycles. The minimum absolute atomic E-state index is 0.0803. The lowest BCUT2D eigenvalue weighted by Gasteiger charge is -2.07. The fourth-order valence-corrected chi connectivity index (χ4v) is 3.02. The number of aromatic nitrogens is 1. The van der Waals surface area contributed by atoms with E-state index in [4.69, 9.17) is 9.11 Å². The number of hydrogen-bond acceptors (Lipinski definition) is 5. The molecule has 0 aliphatic heterocycles. The van der Waals surface area contributed by atoms with E-state index >= 15 is 0 Å². The molecule has 0 amide bonds. The van der Waals surface area contributed by atoms with Crippen molar-refractivity contribution < 1.29 is 25.9 Å². The molecule has 0 saturated heterocycles. The number of rotatable bonds is 2. The van der Waals surface area contributed by atoms with E-state index in [1.54, 1.807) is 6.92 Å². The zero-order chi connectivity index (χ0) is 14.4. The van der Waals surface area contributed by atoms with E-state index in [1.807, 2.05) is 0 Å². The Morgan fingerprint density at radius 3 is 1.95 bits per heavy atom. The van der Waals surface area contributed by atoms with E-state index in [2.05, 4.69) is 4.98 Å². The maximum absolute atomic E-state index is 11.2. The van der Waals surface area contributed by atoms with Gasteiger partial charge in [-0.3, -0.25) is 14.1 Å². The van der Waals surface area contributed by atoms with Crippen molar-refractivity contribution in [1.29, 1.82) is 0 Å². The van der Waals surface area contributed by atoms with Gasteiger partial charge in [0.05, 0.1) is 5.52 Å². The Morgan fingerprint density at radius 2 is 1.42 bits per heavy atom. The van der Waals surface area contributed by atoms with Crippen LogP contribution in [0.15, 0.2) is 34.1 Å². The lowest BCUT2D eigenvalue weighted by atomic mass is 10.2. The van der Waals surface area contributed by atoms with E-state index in [9.17, 15) is 16.8 Å². The van der Waals surface area contributed by atoms with Gasteiger partial charge in [0.2, 0.25) is 0 Å². The zero-order valence-electron chi connectivity index (χ0n) is 9.60.